The summed E-state index contributed by atoms with van der Waals surface area (Å²) in [6.07, 6.45) is 4.24. The Morgan fingerprint density at radius 2 is 1.26 bits per heavy atom. The minimum atomic E-state index is -6.53. The summed E-state index contributed by atoms with van der Waals surface area (Å²) in [5, 5.41) is 4.00. The van der Waals surface area contributed by atoms with Crippen molar-refractivity contribution in [1.29, 1.82) is 0 Å². The van der Waals surface area contributed by atoms with E-state index in [1.54, 1.807) is 29.2 Å². The summed E-state index contributed by atoms with van der Waals surface area (Å²) in [7, 11) is -8.96. The second-order valence-electron chi connectivity index (χ2n) is 20.6. The molecule has 1 spiro atoms. The molecule has 0 bridgehead atoms. The molecule has 1 saturated heterocycles. The molecule has 2 atom stereocenters. The Bertz CT molecular complexity index is 3230. The van der Waals surface area contributed by atoms with Gasteiger partial charge in [-0.3, -0.25) is 0 Å². The Balaban J connectivity index is 0.822. The van der Waals surface area contributed by atoms with E-state index in [1.165, 1.54) is 28.0 Å². The van der Waals surface area contributed by atoms with Crippen LogP contribution in [-0.2, 0) is 30.0 Å². The minimum absolute atomic E-state index is 0.0538. The van der Waals surface area contributed by atoms with E-state index < -0.39 is 68.7 Å². The number of carbonyl (C=O) groups is 3. The summed E-state index contributed by atoms with van der Waals surface area (Å²) in [4.78, 5) is 46.8. The van der Waals surface area contributed by atoms with Gasteiger partial charge in [0.25, 0.3) is 0 Å². The van der Waals surface area contributed by atoms with Gasteiger partial charge in [0, 0.05) is 35.0 Å². The molecule has 10 rings (SSSR count). The maximum Gasteiger partial charge on any atom is 0.534 e. The van der Waals surface area contributed by atoms with Crippen molar-refractivity contribution < 1.29 is 58.4 Å². The molecule has 1 fully saturated rings. The van der Waals surface area contributed by atoms with Gasteiger partial charge in [0.05, 0.1) is 11.1 Å². The number of hydrogen-bond donors (Lipinski definition) is 0. The summed E-state index contributed by atoms with van der Waals surface area (Å²) >= 11 is 0. The van der Waals surface area contributed by atoms with Gasteiger partial charge in [-0.05, 0) is 49.9 Å². The Morgan fingerprint density at radius 1 is 0.724 bits per heavy atom. The third kappa shape index (κ3) is 9.26. The van der Waals surface area contributed by atoms with E-state index in [4.69, 9.17) is 9.47 Å². The Labute approximate surface area is 439 Å². The van der Waals surface area contributed by atoms with Crippen molar-refractivity contribution >= 4 is 56.8 Å². The van der Waals surface area contributed by atoms with Crippen LogP contribution in [0.2, 0.25) is 0 Å². The number of rotatable bonds is 14. The largest absolute Gasteiger partial charge is 0.534 e. The van der Waals surface area contributed by atoms with E-state index in [0.29, 0.717) is 63.7 Å². The smallest absolute Gasteiger partial charge is 0.453 e. The zero-order chi connectivity index (χ0) is 53.8. The summed E-state index contributed by atoms with van der Waals surface area (Å²) in [5.74, 6) is -7.52. The number of carbonyl (C=O) groups excluding carboxylic acids is 3. The number of fused-ring (bicyclic) bond motifs is 7. The average molecular weight is 1080 g/mol. The fourth-order valence-corrected chi connectivity index (χ4v) is 17.4. The van der Waals surface area contributed by atoms with E-state index in [1.807, 2.05) is 43.9 Å². The number of nitrogens with zero attached hydrogens (tertiary/aromatic N) is 3. The van der Waals surface area contributed by atoms with Crippen LogP contribution in [0, 0.1) is 11.6 Å². The number of benzene rings is 6. The van der Waals surface area contributed by atoms with Crippen molar-refractivity contribution in [3.8, 4) is 17.2 Å². The van der Waals surface area contributed by atoms with E-state index in [9.17, 15) is 36.0 Å². The fraction of sp³-hybridized carbons (Fsp3) is 0.328. The summed E-state index contributed by atoms with van der Waals surface area (Å²) in [5.41, 5.74) is -7.20. The molecule has 0 aromatic heterocycles. The number of amides is 2. The second kappa shape index (κ2) is 20.3. The van der Waals surface area contributed by atoms with Gasteiger partial charge in [-0.25, -0.2) is 9.18 Å². The van der Waals surface area contributed by atoms with Gasteiger partial charge in [-0.1, -0.05) is 25.1 Å². The molecule has 4 heterocycles. The molecule has 2 unspecified atom stereocenters. The molecular formula is C58H57F5N3O8PS. The SMILES string of the molecule is CC1CC(C)(C)N(CCCC(=O)N2CCN(C(=O)CCCC[PH](c3ccccc3)(c3ccccc3)c3ccccc3)CC2)c2cc3c(cc21)C1(OC(=O)c2ccccc21)c1cc(F)c(OS(=O)(=O)C(F)(F)F)c(F)c1O3. The van der Waals surface area contributed by atoms with Gasteiger partial charge < -0.3 is 18.6 Å². The fourth-order valence-electron chi connectivity index (χ4n) is 12.0. The van der Waals surface area contributed by atoms with Crippen LogP contribution in [0.25, 0.3) is 0 Å². The van der Waals surface area contributed by atoms with E-state index in [2.05, 4.69) is 81.9 Å². The normalized spacial score (nSPS) is 19.0. The van der Waals surface area contributed by atoms with Crippen LogP contribution in [0.1, 0.15) is 97.8 Å². The molecule has 18 heteroatoms. The Morgan fingerprint density at radius 3 is 1.83 bits per heavy atom. The first-order valence-corrected chi connectivity index (χ1v) is 29.1. The predicted molar refractivity (Wildman–Crippen MR) is 282 cm³/mol. The van der Waals surface area contributed by atoms with Crippen LogP contribution in [0.5, 0.6) is 17.2 Å². The van der Waals surface area contributed by atoms with Crippen LogP contribution >= 0.6 is 7.26 Å². The van der Waals surface area contributed by atoms with Crippen molar-refractivity contribution in [3.05, 3.63) is 173 Å². The van der Waals surface area contributed by atoms with Crippen LogP contribution in [0.4, 0.5) is 27.6 Å². The van der Waals surface area contributed by atoms with Crippen LogP contribution in [0.3, 0.4) is 0 Å². The van der Waals surface area contributed by atoms with Crippen molar-refractivity contribution in [2.45, 2.75) is 81.9 Å². The molecular weight excluding hydrogens is 1020 g/mol. The number of anilines is 1. The molecule has 4 aliphatic heterocycles. The van der Waals surface area contributed by atoms with Gasteiger partial charge in [-0.15, -0.1) is 0 Å². The molecule has 6 aromatic carbocycles. The molecule has 76 heavy (non-hydrogen) atoms. The van der Waals surface area contributed by atoms with Gasteiger partial charge in [0.2, 0.25) is 11.6 Å². The molecule has 6 aromatic rings. The van der Waals surface area contributed by atoms with Gasteiger partial charge >= 0.3 is 231 Å². The molecule has 11 nitrogen and oxygen atoms in total. The second-order valence-corrected chi connectivity index (χ2v) is 26.2. The molecule has 398 valence electrons. The van der Waals surface area contributed by atoms with E-state index >= 15 is 8.78 Å². The van der Waals surface area contributed by atoms with Crippen molar-refractivity contribution in [2.75, 3.05) is 43.8 Å². The first-order valence-electron chi connectivity index (χ1n) is 25.5. The number of hydrogen-bond acceptors (Lipinski definition) is 9. The average Bonchev–Trinajstić information content (AvgIpc) is 3.86. The number of alkyl halides is 3. The maximum absolute atomic E-state index is 16.5. The van der Waals surface area contributed by atoms with Gasteiger partial charge in [0.1, 0.15) is 5.75 Å². The predicted octanol–water partition coefficient (Wildman–Crippen LogP) is 10.2. The number of unbranched alkanes of at least 4 members (excludes halogenated alkanes) is 1. The first-order chi connectivity index (χ1) is 36.3. The third-order valence-corrected chi connectivity index (χ3v) is 21.6. The van der Waals surface area contributed by atoms with E-state index in [0.717, 1.165) is 24.6 Å². The van der Waals surface area contributed by atoms with Crippen LogP contribution in [0.15, 0.2) is 133 Å². The topological polar surface area (TPSA) is 123 Å². The number of ether oxygens (including phenoxy) is 2. The molecule has 4 aliphatic rings. The minimum Gasteiger partial charge on any atom is -0.453 e. The quantitative estimate of drug-likeness (QED) is 0.0262. The van der Waals surface area contributed by atoms with E-state index in [-0.39, 0.29) is 46.6 Å². The number of piperazine rings is 1. The number of halogens is 5. The van der Waals surface area contributed by atoms with Crippen molar-refractivity contribution in [2.24, 2.45) is 0 Å². The zero-order valence-corrected chi connectivity index (χ0v) is 44.0. The first kappa shape index (κ1) is 52.6. The summed E-state index contributed by atoms with van der Waals surface area (Å²) in [6, 6.07) is 42.2. The standard InChI is InChI=1S/C58H57F5N3O8PS/c1-38-37-56(2,3)66(48-36-49-45(34-43(38)48)57(44-25-14-13-24-42(44)55(69)73-57)46-35-47(59)54(52(60)53(46)72-49)74-76(70,71)58(61,62)63)28-17-27-51(68)65-31-29-64(30-32-65)50(67)26-15-16-33-75(39-18-7-4-8-19-39,40-20-9-5-10-21-40)41-22-11-6-12-23-41/h4-14,18-25,34-36,38,75H,15-17,26-33,37H2,1-3H3. The van der Waals surface area contributed by atoms with Crippen LogP contribution in [-0.4, -0.2) is 85.9 Å². The third-order valence-electron chi connectivity index (χ3n) is 15.6. The van der Waals surface area contributed by atoms with Crippen LogP contribution < -0.4 is 29.7 Å². The Kier molecular flexibility index (Phi) is 14.0. The summed E-state index contributed by atoms with van der Waals surface area (Å²) in [6.45, 7) is 8.14. The molecule has 0 N–H and O–H groups in total. The molecule has 0 saturated carbocycles. The van der Waals surface area contributed by atoms with Crippen molar-refractivity contribution in [3.63, 3.8) is 0 Å². The summed E-state index contributed by atoms with van der Waals surface area (Å²) < 4.78 is 113. The van der Waals surface area contributed by atoms with Gasteiger partial charge in [-0.2, -0.15) is 26.0 Å². The number of esters is 1. The molecule has 0 radical (unpaired) electrons. The molecule has 0 aliphatic carbocycles. The zero-order valence-electron chi connectivity index (χ0n) is 42.2. The van der Waals surface area contributed by atoms with Gasteiger partial charge in [0.15, 0.2) is 17.2 Å². The van der Waals surface area contributed by atoms with Crippen molar-refractivity contribution in [1.82, 2.24) is 9.80 Å². The Hall–Kier alpha value is -6.84. The molecule has 2 amide bonds. The monoisotopic (exact) mass is 1080 g/mol. The maximum atomic E-state index is 16.5.